The molecule has 0 N–H and O–H groups in total. The Morgan fingerprint density at radius 3 is 1.87 bits per heavy atom. The monoisotopic (exact) mass is 584 g/mol. The molecule has 9 heteroatoms. The molecule has 0 saturated carbocycles. The zero-order valence-electron chi connectivity index (χ0n) is 26.3. The van der Waals surface area contributed by atoms with Gasteiger partial charge in [0.05, 0.1) is 17.8 Å². The normalized spacial score (nSPS) is 17.8. The van der Waals surface area contributed by atoms with Gasteiger partial charge in [-0.25, -0.2) is 0 Å². The van der Waals surface area contributed by atoms with Gasteiger partial charge in [-0.1, -0.05) is 79.7 Å². The molecule has 0 unspecified atom stereocenters. The first-order chi connectivity index (χ1) is 17.5. The maximum atomic E-state index is 6.90. The maximum absolute atomic E-state index is 6.90. The Balaban J connectivity index is 2.49. The summed E-state index contributed by atoms with van der Waals surface area (Å²) < 4.78 is 32.6. The third-order valence-corrected chi connectivity index (χ3v) is 15.3. The molecule has 1 aromatic carbocycles. The molecular formula is C29H54BClO5Si2. The highest BCUT2D eigenvalue weighted by Gasteiger charge is 2.59. The van der Waals surface area contributed by atoms with Crippen LogP contribution in [0.4, 0.5) is 0 Å². The summed E-state index contributed by atoms with van der Waals surface area (Å²) >= 11 is 6.65. The number of hydrogen-bond donors (Lipinski definition) is 0. The Kier molecular flexibility index (Phi) is 11.7. The predicted molar refractivity (Wildman–Crippen MR) is 167 cm³/mol. The zero-order valence-corrected chi connectivity index (χ0v) is 29.1. The van der Waals surface area contributed by atoms with Crippen molar-refractivity contribution in [3.63, 3.8) is 0 Å². The first-order valence-corrected chi connectivity index (χ1v) is 21.5. The smallest absolute Gasteiger partial charge is 0.468 e. The van der Waals surface area contributed by atoms with Crippen LogP contribution < -0.4 is 10.2 Å². The van der Waals surface area contributed by atoms with Crippen molar-refractivity contribution in [2.45, 2.75) is 136 Å². The van der Waals surface area contributed by atoms with E-state index in [9.17, 15) is 0 Å². The highest BCUT2D eigenvalue weighted by molar-refractivity contribution is 6.76. The van der Waals surface area contributed by atoms with Crippen LogP contribution in [0.3, 0.4) is 0 Å². The molecular weight excluding hydrogens is 531 g/mol. The number of halogens is 1. The molecule has 0 amide bonds. The summed E-state index contributed by atoms with van der Waals surface area (Å²) in [6, 6.07) is 4.93. The van der Waals surface area contributed by atoms with Crippen LogP contribution in [0.15, 0.2) is 12.1 Å². The molecule has 1 aliphatic heterocycles. The van der Waals surface area contributed by atoms with Gasteiger partial charge in [-0.05, 0) is 67.6 Å². The average molecular weight is 585 g/mol. The summed E-state index contributed by atoms with van der Waals surface area (Å²) in [4.78, 5) is 0. The molecule has 1 fully saturated rings. The van der Waals surface area contributed by atoms with Crippen LogP contribution in [-0.4, -0.2) is 48.1 Å². The summed E-state index contributed by atoms with van der Waals surface area (Å²) in [6.45, 7) is 28.4. The van der Waals surface area contributed by atoms with Crippen LogP contribution in [0, 0.1) is 0 Å². The summed E-state index contributed by atoms with van der Waals surface area (Å²) in [7, 11) is -3.76. The lowest BCUT2D eigenvalue weighted by Gasteiger charge is -2.42. The van der Waals surface area contributed by atoms with E-state index in [2.05, 4.69) is 81.2 Å². The molecule has 38 heavy (non-hydrogen) atoms. The fourth-order valence-corrected chi connectivity index (χ4v) is 7.00. The minimum absolute atomic E-state index is 0.0920. The van der Waals surface area contributed by atoms with Gasteiger partial charge in [-0.3, -0.25) is 0 Å². The van der Waals surface area contributed by atoms with Gasteiger partial charge >= 0.3 is 7.12 Å². The van der Waals surface area contributed by atoms with Crippen molar-refractivity contribution in [3.8, 4) is 5.75 Å². The van der Waals surface area contributed by atoms with Crippen LogP contribution in [0.1, 0.15) is 79.7 Å². The second kappa shape index (κ2) is 13.1. The Morgan fingerprint density at radius 2 is 1.42 bits per heavy atom. The quantitative estimate of drug-likeness (QED) is 0.125. The van der Waals surface area contributed by atoms with Gasteiger partial charge in [-0.2, -0.15) is 0 Å². The third kappa shape index (κ3) is 7.68. The van der Waals surface area contributed by atoms with E-state index in [1.165, 1.54) is 0 Å². The fraction of sp³-hybridized carbons (Fsp3) is 0.793. The number of hydrogen-bond acceptors (Lipinski definition) is 5. The molecule has 0 aromatic heterocycles. The van der Waals surface area contributed by atoms with Gasteiger partial charge in [0.15, 0.2) is 15.1 Å². The Morgan fingerprint density at radius 1 is 0.895 bits per heavy atom. The molecule has 0 aliphatic carbocycles. The molecule has 1 aliphatic rings. The van der Waals surface area contributed by atoms with E-state index < -0.39 is 23.5 Å². The van der Waals surface area contributed by atoms with Crippen LogP contribution >= 0.6 is 11.6 Å². The lowest BCUT2D eigenvalue weighted by atomic mass is 9.75. The molecule has 1 heterocycles. The lowest BCUT2D eigenvalue weighted by molar-refractivity contribution is -0.0601. The van der Waals surface area contributed by atoms with Crippen molar-refractivity contribution in [1.82, 2.24) is 0 Å². The first kappa shape index (κ1) is 33.9. The molecule has 218 valence electrons. The SMILES string of the molecule is CCC1(CC)OB(c2c(CO[Si](C)(C)C(C)(C)C)cc(Cl)cc2OCOCC[Si](C)(C)C)OC1(CC)CC. The van der Waals surface area contributed by atoms with Crippen molar-refractivity contribution in [3.05, 3.63) is 22.7 Å². The van der Waals surface area contributed by atoms with E-state index in [1.807, 2.05) is 12.1 Å². The van der Waals surface area contributed by atoms with Crippen LogP contribution in [0.2, 0.25) is 48.8 Å². The maximum Gasteiger partial charge on any atom is 0.499 e. The van der Waals surface area contributed by atoms with Crippen LogP contribution in [0.25, 0.3) is 0 Å². The highest BCUT2D eigenvalue weighted by atomic mass is 35.5. The van der Waals surface area contributed by atoms with Gasteiger partial charge < -0.3 is 23.2 Å². The largest absolute Gasteiger partial charge is 0.499 e. The summed E-state index contributed by atoms with van der Waals surface area (Å²) in [5, 5.41) is 0.696. The van der Waals surface area contributed by atoms with Gasteiger partial charge in [0, 0.05) is 25.2 Å². The molecule has 0 bridgehead atoms. The molecule has 5 nitrogen and oxygen atoms in total. The Labute approximate surface area is 240 Å². The Bertz CT molecular complexity index is 885. The average Bonchev–Trinajstić information content (AvgIpc) is 3.15. The fourth-order valence-electron chi connectivity index (χ4n) is 5.06. The number of ether oxygens (including phenoxy) is 2. The second-order valence-electron chi connectivity index (χ2n) is 13.5. The number of rotatable bonds is 14. The Hall–Kier alpha value is -0.351. The van der Waals surface area contributed by atoms with Crippen molar-refractivity contribution >= 4 is 40.6 Å². The molecule has 2 rings (SSSR count). The van der Waals surface area contributed by atoms with Crippen molar-refractivity contribution in [2.24, 2.45) is 0 Å². The summed E-state index contributed by atoms with van der Waals surface area (Å²) in [5.41, 5.74) is 1.08. The van der Waals surface area contributed by atoms with Crippen molar-refractivity contribution in [2.75, 3.05) is 13.4 Å². The topological polar surface area (TPSA) is 46.2 Å². The summed E-state index contributed by atoms with van der Waals surface area (Å²) in [6.07, 6.45) is 3.50. The van der Waals surface area contributed by atoms with E-state index in [1.54, 1.807) is 0 Å². The van der Waals surface area contributed by atoms with E-state index in [0.29, 0.717) is 24.0 Å². The zero-order chi connectivity index (χ0) is 29.0. The van der Waals surface area contributed by atoms with Gasteiger partial charge in [-0.15, -0.1) is 0 Å². The highest BCUT2D eigenvalue weighted by Crippen LogP contribution is 2.47. The van der Waals surface area contributed by atoms with E-state index in [0.717, 1.165) is 42.8 Å². The van der Waals surface area contributed by atoms with Gasteiger partial charge in [0.1, 0.15) is 5.75 Å². The van der Waals surface area contributed by atoms with Crippen LogP contribution in [-0.2, 0) is 25.1 Å². The molecule has 0 radical (unpaired) electrons. The van der Waals surface area contributed by atoms with Gasteiger partial charge in [0.2, 0.25) is 0 Å². The minimum Gasteiger partial charge on any atom is -0.468 e. The summed E-state index contributed by atoms with van der Waals surface area (Å²) in [5.74, 6) is 0.647. The van der Waals surface area contributed by atoms with Crippen LogP contribution in [0.5, 0.6) is 5.75 Å². The molecule has 1 saturated heterocycles. The van der Waals surface area contributed by atoms with Gasteiger partial charge in [0.25, 0.3) is 0 Å². The molecule has 1 aromatic rings. The van der Waals surface area contributed by atoms with E-state index in [-0.39, 0.29) is 23.0 Å². The minimum atomic E-state index is -2.01. The van der Waals surface area contributed by atoms with Crippen molar-refractivity contribution in [1.29, 1.82) is 0 Å². The first-order valence-electron chi connectivity index (χ1n) is 14.5. The standard InChI is InChI=1S/C29H54BClO5Si2/c1-13-28(14-2)29(15-3,16-4)36-30(35-28)26-23(21-34-38(11,12)27(5,6)7)19-24(31)20-25(26)33-22-32-17-18-37(8,9)10/h19-20H,13-18,21-22H2,1-12H3. The van der Waals surface area contributed by atoms with Crippen molar-refractivity contribution < 1.29 is 23.2 Å². The lowest BCUT2D eigenvalue weighted by Crippen LogP contribution is -2.50. The molecule has 0 spiro atoms. The molecule has 0 atom stereocenters. The van der Waals surface area contributed by atoms with E-state index >= 15 is 0 Å². The van der Waals surface area contributed by atoms with E-state index in [4.69, 9.17) is 34.8 Å². The third-order valence-electron chi connectivity index (χ3n) is 8.90. The second-order valence-corrected chi connectivity index (χ2v) is 24.3. The predicted octanol–water partition coefficient (Wildman–Crippen LogP) is 8.41. The number of benzene rings is 1.